The number of alkyl halides is 3. The summed E-state index contributed by atoms with van der Waals surface area (Å²) < 4.78 is 80.4. The van der Waals surface area contributed by atoms with E-state index in [2.05, 4.69) is 20.3 Å². The van der Waals surface area contributed by atoms with Crippen molar-refractivity contribution in [3.8, 4) is 10.6 Å². The summed E-state index contributed by atoms with van der Waals surface area (Å²) in [6, 6.07) is -0.211. The number of nitrogens with one attached hydrogen (secondary N) is 1. The first-order chi connectivity index (χ1) is 15.9. The average molecular weight is 525 g/mol. The number of β-amino-alcohol motifs (C(OH)–C–C–N with tert-alkyl or cyclic N) is 1. The maximum atomic E-state index is 14.6. The lowest BCUT2D eigenvalue weighted by atomic mass is 10.1. The van der Waals surface area contributed by atoms with Crippen LogP contribution >= 0.6 is 11.3 Å². The molecule has 9 nitrogen and oxygen atoms in total. The highest BCUT2D eigenvalue weighted by Crippen LogP contribution is 2.41. The van der Waals surface area contributed by atoms with Gasteiger partial charge in [0.1, 0.15) is 10.7 Å². The summed E-state index contributed by atoms with van der Waals surface area (Å²) in [6.45, 7) is 1.55. The zero-order valence-electron chi connectivity index (χ0n) is 18.2. The molecule has 0 bridgehead atoms. The molecule has 1 atom stereocenters. The number of halogens is 4. The zero-order chi connectivity index (χ0) is 24.7. The zero-order valence-corrected chi connectivity index (χ0v) is 19.9. The second-order valence-electron chi connectivity index (χ2n) is 8.43. The van der Waals surface area contributed by atoms with Crippen LogP contribution in [-0.4, -0.2) is 82.3 Å². The number of hydrogen-bond acceptors (Lipinski definition) is 9. The third-order valence-corrected chi connectivity index (χ3v) is 8.11. The summed E-state index contributed by atoms with van der Waals surface area (Å²) in [5.41, 5.74) is -1.71. The number of thiazole rings is 1. The molecular formula is C19H24F4N6O3S2. The molecule has 2 aromatic rings. The Bertz CT molecular complexity index is 1140. The quantitative estimate of drug-likeness (QED) is 0.553. The van der Waals surface area contributed by atoms with Gasteiger partial charge in [0.05, 0.1) is 30.0 Å². The van der Waals surface area contributed by atoms with E-state index >= 15 is 0 Å². The number of rotatable bonds is 6. The third-order valence-electron chi connectivity index (χ3n) is 5.76. The maximum absolute atomic E-state index is 14.6. The van der Waals surface area contributed by atoms with E-state index in [1.807, 2.05) is 0 Å². The molecule has 0 spiro atoms. The van der Waals surface area contributed by atoms with Crippen molar-refractivity contribution in [1.29, 1.82) is 0 Å². The fourth-order valence-electron chi connectivity index (χ4n) is 4.04. The molecule has 4 rings (SSSR count). The molecule has 2 saturated heterocycles. The molecule has 0 saturated carbocycles. The topological polar surface area (TPSA) is 112 Å². The van der Waals surface area contributed by atoms with Gasteiger partial charge in [0.15, 0.2) is 11.5 Å². The second kappa shape index (κ2) is 9.60. The smallest absolute Gasteiger partial charge is 0.392 e. The monoisotopic (exact) mass is 524 g/mol. The second-order valence-corrected chi connectivity index (χ2v) is 11.5. The fourth-order valence-corrected chi connectivity index (χ4v) is 6.03. The molecule has 15 heteroatoms. The van der Waals surface area contributed by atoms with Gasteiger partial charge >= 0.3 is 6.18 Å². The van der Waals surface area contributed by atoms with Crippen LogP contribution in [0.25, 0.3) is 10.6 Å². The van der Waals surface area contributed by atoms with E-state index in [1.165, 1.54) is 4.31 Å². The summed E-state index contributed by atoms with van der Waals surface area (Å²) in [7, 11) is -3.30. The SMILES string of the molecule is CS(=O)(=O)N1CCC(Nc2ncc(F)c(-c3sc(CN4CCC(O)C4)nc3C(F)(F)F)n2)CC1. The number of nitrogens with zero attached hydrogens (tertiary/aromatic N) is 5. The Balaban J connectivity index is 1.56. The molecule has 2 aromatic heterocycles. The van der Waals surface area contributed by atoms with Gasteiger partial charge in [0.25, 0.3) is 0 Å². The lowest BCUT2D eigenvalue weighted by Crippen LogP contribution is -2.42. The first-order valence-electron chi connectivity index (χ1n) is 10.6. The number of aliphatic hydroxyl groups excluding tert-OH is 1. The Kier molecular flexibility index (Phi) is 7.11. The minimum absolute atomic E-state index is 0.0417. The Hall–Kier alpha value is -1.94. The highest BCUT2D eigenvalue weighted by molar-refractivity contribution is 7.88. The van der Waals surface area contributed by atoms with Gasteiger partial charge < -0.3 is 10.4 Å². The standard InChI is InChI=1S/C19H24F4N6O3S2/c1-34(31,32)29-6-2-11(3-7-29)25-18-24-8-13(20)15(27-18)16-17(19(21,22)23)26-14(33-16)10-28-5-4-12(30)9-28/h8,11-12,30H,2-7,9-10H2,1H3,(H,24,25,27). The number of aromatic nitrogens is 3. The first kappa shape index (κ1) is 25.2. The highest BCUT2D eigenvalue weighted by atomic mass is 32.2. The highest BCUT2D eigenvalue weighted by Gasteiger charge is 2.39. The minimum atomic E-state index is -4.81. The Morgan fingerprint density at radius 2 is 1.91 bits per heavy atom. The number of piperidine rings is 1. The summed E-state index contributed by atoms with van der Waals surface area (Å²) >= 11 is 0.714. The summed E-state index contributed by atoms with van der Waals surface area (Å²) in [5.74, 6) is -1.05. The van der Waals surface area contributed by atoms with Crippen molar-refractivity contribution in [3.05, 3.63) is 22.7 Å². The normalized spacial score (nSPS) is 21.3. The van der Waals surface area contributed by atoms with Gasteiger partial charge in [0, 0.05) is 32.2 Å². The molecule has 0 aliphatic carbocycles. The van der Waals surface area contributed by atoms with Crippen LogP contribution in [-0.2, 0) is 22.7 Å². The van der Waals surface area contributed by atoms with E-state index in [0.29, 0.717) is 43.7 Å². The van der Waals surface area contributed by atoms with E-state index in [9.17, 15) is 31.1 Å². The van der Waals surface area contributed by atoms with Crippen LogP contribution in [0.4, 0.5) is 23.5 Å². The van der Waals surface area contributed by atoms with Gasteiger partial charge in [-0.3, -0.25) is 4.90 Å². The average Bonchev–Trinajstić information content (AvgIpc) is 3.35. The summed E-state index contributed by atoms with van der Waals surface area (Å²) in [4.78, 5) is 13.0. The van der Waals surface area contributed by atoms with Crippen molar-refractivity contribution in [2.75, 3.05) is 37.8 Å². The first-order valence-corrected chi connectivity index (χ1v) is 13.3. The van der Waals surface area contributed by atoms with Crippen molar-refractivity contribution in [1.82, 2.24) is 24.2 Å². The Labute approximate surface area is 197 Å². The van der Waals surface area contributed by atoms with Gasteiger partial charge in [0.2, 0.25) is 16.0 Å². The van der Waals surface area contributed by atoms with Crippen LogP contribution in [0, 0.1) is 5.82 Å². The molecule has 2 aliphatic rings. The van der Waals surface area contributed by atoms with Gasteiger partial charge in [-0.1, -0.05) is 0 Å². The molecule has 34 heavy (non-hydrogen) atoms. The van der Waals surface area contributed by atoms with E-state index in [0.717, 1.165) is 12.5 Å². The van der Waals surface area contributed by atoms with E-state index < -0.39 is 44.4 Å². The van der Waals surface area contributed by atoms with Crippen molar-refractivity contribution < 1.29 is 31.1 Å². The van der Waals surface area contributed by atoms with Crippen molar-refractivity contribution in [3.63, 3.8) is 0 Å². The van der Waals surface area contributed by atoms with Crippen LogP contribution in [0.1, 0.15) is 30.0 Å². The van der Waals surface area contributed by atoms with Crippen LogP contribution in [0.3, 0.4) is 0 Å². The van der Waals surface area contributed by atoms with Crippen molar-refractivity contribution in [2.24, 2.45) is 0 Å². The maximum Gasteiger partial charge on any atom is 0.434 e. The van der Waals surface area contributed by atoms with Crippen LogP contribution < -0.4 is 5.32 Å². The molecular weight excluding hydrogens is 500 g/mol. The predicted octanol–water partition coefficient (Wildman–Crippen LogP) is 2.16. The van der Waals surface area contributed by atoms with Crippen molar-refractivity contribution in [2.45, 2.75) is 44.1 Å². The molecule has 2 fully saturated rings. The molecule has 1 unspecified atom stereocenters. The molecule has 0 amide bonds. The van der Waals surface area contributed by atoms with Gasteiger partial charge in [-0.05, 0) is 19.3 Å². The summed E-state index contributed by atoms with van der Waals surface area (Å²) in [5, 5.41) is 12.8. The van der Waals surface area contributed by atoms with E-state index in [1.54, 1.807) is 4.90 Å². The number of anilines is 1. The fraction of sp³-hybridized carbons (Fsp3) is 0.632. The number of likely N-dealkylation sites (tertiary alicyclic amines) is 1. The van der Waals surface area contributed by atoms with E-state index in [4.69, 9.17) is 0 Å². The largest absolute Gasteiger partial charge is 0.434 e. The number of hydrogen-bond donors (Lipinski definition) is 2. The Morgan fingerprint density at radius 1 is 1.21 bits per heavy atom. The lowest BCUT2D eigenvalue weighted by molar-refractivity contribution is -0.140. The summed E-state index contributed by atoms with van der Waals surface area (Å²) in [6.07, 6.45) is -1.97. The van der Waals surface area contributed by atoms with Gasteiger partial charge in [-0.25, -0.2) is 32.1 Å². The molecule has 188 valence electrons. The van der Waals surface area contributed by atoms with Crippen molar-refractivity contribution >= 4 is 27.3 Å². The number of aliphatic hydroxyl groups is 1. The minimum Gasteiger partial charge on any atom is -0.392 e. The predicted molar refractivity (Wildman–Crippen MR) is 117 cm³/mol. The number of sulfonamides is 1. The molecule has 0 aromatic carbocycles. The van der Waals surface area contributed by atoms with Gasteiger partial charge in [-0.2, -0.15) is 13.2 Å². The van der Waals surface area contributed by atoms with E-state index in [-0.39, 0.29) is 36.6 Å². The molecule has 2 aliphatic heterocycles. The molecule has 4 heterocycles. The molecule has 2 N–H and O–H groups in total. The molecule has 0 radical (unpaired) electrons. The Morgan fingerprint density at radius 3 is 2.50 bits per heavy atom. The van der Waals surface area contributed by atoms with Crippen LogP contribution in [0.5, 0.6) is 0 Å². The van der Waals surface area contributed by atoms with Gasteiger partial charge in [-0.15, -0.1) is 11.3 Å². The van der Waals surface area contributed by atoms with Crippen LogP contribution in [0.15, 0.2) is 6.20 Å². The van der Waals surface area contributed by atoms with Crippen LogP contribution in [0.2, 0.25) is 0 Å². The third kappa shape index (κ3) is 5.82. The lowest BCUT2D eigenvalue weighted by Gasteiger charge is -2.30.